The molecule has 1 fully saturated rings. The molecule has 1 heterocycles. The first-order valence-corrected chi connectivity index (χ1v) is 9.49. The zero-order valence-corrected chi connectivity index (χ0v) is 16.7. The van der Waals surface area contributed by atoms with Crippen molar-refractivity contribution in [1.29, 1.82) is 0 Å². The van der Waals surface area contributed by atoms with Crippen LogP contribution in [0.3, 0.4) is 0 Å². The summed E-state index contributed by atoms with van der Waals surface area (Å²) in [6, 6.07) is 7.53. The molecule has 0 amide bonds. The minimum absolute atomic E-state index is 0.00791. The zero-order chi connectivity index (χ0) is 19.6. The lowest BCUT2D eigenvalue weighted by atomic mass is 9.97. The van der Waals surface area contributed by atoms with Gasteiger partial charge in [-0.2, -0.15) is 0 Å². The normalized spacial score (nSPS) is 16.6. The van der Waals surface area contributed by atoms with Crippen LogP contribution < -0.4 is 14.8 Å². The number of aliphatic imine (C=N–C) groups is 1. The summed E-state index contributed by atoms with van der Waals surface area (Å²) >= 11 is 0. The molecule has 7 heteroatoms. The maximum Gasteiger partial charge on any atom is 0.308 e. The summed E-state index contributed by atoms with van der Waals surface area (Å²) < 4.78 is 15.9. The highest BCUT2D eigenvalue weighted by Gasteiger charge is 2.27. The Hall–Kier alpha value is -2.44. The summed E-state index contributed by atoms with van der Waals surface area (Å²) in [7, 11) is 3.09. The van der Waals surface area contributed by atoms with Crippen LogP contribution in [0, 0.1) is 5.92 Å². The van der Waals surface area contributed by atoms with Crippen LogP contribution in [0.25, 0.3) is 0 Å². The third-order valence-electron chi connectivity index (χ3n) is 4.56. The quantitative estimate of drug-likeness (QED) is 0.447. The van der Waals surface area contributed by atoms with Gasteiger partial charge in [0.25, 0.3) is 0 Å². The van der Waals surface area contributed by atoms with Crippen molar-refractivity contribution in [3.8, 4) is 11.5 Å². The van der Waals surface area contributed by atoms with Crippen LogP contribution in [0.4, 0.5) is 0 Å². The van der Waals surface area contributed by atoms with E-state index in [1.54, 1.807) is 7.11 Å². The number of hydrogen-bond acceptors (Lipinski definition) is 5. The van der Waals surface area contributed by atoms with E-state index >= 15 is 0 Å². The molecule has 7 nitrogen and oxygen atoms in total. The summed E-state index contributed by atoms with van der Waals surface area (Å²) in [5, 5.41) is 3.33. The van der Waals surface area contributed by atoms with Crippen molar-refractivity contribution < 1.29 is 19.0 Å². The number of nitrogens with zero attached hydrogens (tertiary/aromatic N) is 2. The van der Waals surface area contributed by atoms with Gasteiger partial charge in [-0.3, -0.25) is 4.79 Å². The highest BCUT2D eigenvalue weighted by Crippen LogP contribution is 2.19. The fourth-order valence-corrected chi connectivity index (χ4v) is 3.06. The van der Waals surface area contributed by atoms with E-state index in [1.807, 2.05) is 38.1 Å². The average molecular weight is 377 g/mol. The van der Waals surface area contributed by atoms with Crippen LogP contribution in [-0.2, 0) is 9.53 Å². The summed E-state index contributed by atoms with van der Waals surface area (Å²) in [4.78, 5) is 18.6. The Kier molecular flexibility index (Phi) is 8.23. The standard InChI is InChI=1S/C20H31N3O4/c1-5-21-20(23-12-10-16(11-13-23)19(24)26-4)22-14-15(2)27-18-8-6-17(25-3)7-9-18/h6-9,15-16H,5,10-14H2,1-4H3,(H,21,22). The Labute approximate surface area is 161 Å². The van der Waals surface area contributed by atoms with Gasteiger partial charge in [-0.15, -0.1) is 0 Å². The van der Waals surface area contributed by atoms with Crippen LogP contribution in [0.2, 0.25) is 0 Å². The molecular weight excluding hydrogens is 346 g/mol. The molecule has 0 saturated carbocycles. The van der Waals surface area contributed by atoms with Gasteiger partial charge in [-0.1, -0.05) is 0 Å². The topological polar surface area (TPSA) is 72.4 Å². The molecule has 1 aromatic rings. The molecule has 0 aliphatic carbocycles. The van der Waals surface area contributed by atoms with Crippen molar-refractivity contribution in [3.05, 3.63) is 24.3 Å². The van der Waals surface area contributed by atoms with Crippen LogP contribution in [-0.4, -0.2) is 63.3 Å². The molecule has 1 N–H and O–H groups in total. The maximum absolute atomic E-state index is 11.7. The van der Waals surface area contributed by atoms with Crippen molar-refractivity contribution >= 4 is 11.9 Å². The minimum Gasteiger partial charge on any atom is -0.497 e. The Bertz CT molecular complexity index is 610. The average Bonchev–Trinajstić information content (AvgIpc) is 2.71. The van der Waals surface area contributed by atoms with E-state index in [0.29, 0.717) is 6.54 Å². The number of piperidine rings is 1. The molecule has 1 aromatic carbocycles. The third-order valence-corrected chi connectivity index (χ3v) is 4.56. The molecule has 1 saturated heterocycles. The number of rotatable bonds is 7. The molecule has 0 spiro atoms. The van der Waals surface area contributed by atoms with Crippen LogP contribution in [0.5, 0.6) is 11.5 Å². The zero-order valence-electron chi connectivity index (χ0n) is 16.7. The van der Waals surface area contributed by atoms with E-state index in [4.69, 9.17) is 19.2 Å². The molecule has 1 aliphatic heterocycles. The van der Waals surface area contributed by atoms with E-state index in [-0.39, 0.29) is 18.0 Å². The van der Waals surface area contributed by atoms with E-state index in [9.17, 15) is 4.79 Å². The molecule has 27 heavy (non-hydrogen) atoms. The monoisotopic (exact) mass is 377 g/mol. The second-order valence-corrected chi connectivity index (χ2v) is 6.58. The number of carbonyl (C=O) groups is 1. The first kappa shape index (κ1) is 20.9. The molecule has 1 aliphatic rings. The summed E-state index contributed by atoms with van der Waals surface area (Å²) in [6.07, 6.45) is 1.52. The lowest BCUT2D eigenvalue weighted by Crippen LogP contribution is -2.47. The number of methoxy groups -OCH3 is 2. The van der Waals surface area contributed by atoms with Gasteiger partial charge in [0.1, 0.15) is 17.6 Å². The van der Waals surface area contributed by atoms with Crippen molar-refractivity contribution in [2.45, 2.75) is 32.8 Å². The fraction of sp³-hybridized carbons (Fsp3) is 0.600. The predicted molar refractivity (Wildman–Crippen MR) is 105 cm³/mol. The first-order chi connectivity index (χ1) is 13.1. The van der Waals surface area contributed by atoms with Crippen molar-refractivity contribution in [2.24, 2.45) is 10.9 Å². The molecular formula is C20H31N3O4. The maximum atomic E-state index is 11.7. The smallest absolute Gasteiger partial charge is 0.308 e. The Morgan fingerprint density at radius 1 is 1.22 bits per heavy atom. The number of nitrogens with one attached hydrogen (secondary N) is 1. The molecule has 0 radical (unpaired) electrons. The molecule has 150 valence electrons. The lowest BCUT2D eigenvalue weighted by molar-refractivity contribution is -0.146. The highest BCUT2D eigenvalue weighted by molar-refractivity contribution is 5.80. The minimum atomic E-state index is -0.113. The van der Waals surface area contributed by atoms with Crippen LogP contribution in [0.1, 0.15) is 26.7 Å². The van der Waals surface area contributed by atoms with Gasteiger partial charge < -0.3 is 24.4 Å². The Morgan fingerprint density at radius 3 is 2.41 bits per heavy atom. The summed E-state index contributed by atoms with van der Waals surface area (Å²) in [6.45, 7) is 6.97. The van der Waals surface area contributed by atoms with Gasteiger partial charge in [0.05, 0.1) is 26.7 Å². The van der Waals surface area contributed by atoms with Gasteiger partial charge in [-0.05, 0) is 51.0 Å². The van der Waals surface area contributed by atoms with E-state index in [0.717, 1.165) is 49.9 Å². The summed E-state index contributed by atoms with van der Waals surface area (Å²) in [5.41, 5.74) is 0. The predicted octanol–water partition coefficient (Wildman–Crippen LogP) is 2.31. The molecule has 1 atom stereocenters. The van der Waals surface area contributed by atoms with Gasteiger partial charge >= 0.3 is 5.97 Å². The SMILES string of the molecule is CCNC(=NCC(C)Oc1ccc(OC)cc1)N1CCC(C(=O)OC)CC1. The van der Waals surface area contributed by atoms with Crippen LogP contribution >= 0.6 is 0 Å². The number of hydrogen-bond donors (Lipinski definition) is 1. The third kappa shape index (κ3) is 6.34. The van der Waals surface area contributed by atoms with Crippen LogP contribution in [0.15, 0.2) is 29.3 Å². The van der Waals surface area contributed by atoms with Gasteiger partial charge in [0.15, 0.2) is 5.96 Å². The Morgan fingerprint density at radius 2 is 1.85 bits per heavy atom. The van der Waals surface area contributed by atoms with Crippen molar-refractivity contribution in [3.63, 3.8) is 0 Å². The first-order valence-electron chi connectivity index (χ1n) is 9.49. The second-order valence-electron chi connectivity index (χ2n) is 6.58. The van der Waals surface area contributed by atoms with E-state index < -0.39 is 0 Å². The molecule has 0 aromatic heterocycles. The lowest BCUT2D eigenvalue weighted by Gasteiger charge is -2.33. The van der Waals surface area contributed by atoms with Gasteiger partial charge in [-0.25, -0.2) is 4.99 Å². The van der Waals surface area contributed by atoms with E-state index in [2.05, 4.69) is 10.2 Å². The fourth-order valence-electron chi connectivity index (χ4n) is 3.06. The Balaban J connectivity index is 1.89. The molecule has 1 unspecified atom stereocenters. The van der Waals surface area contributed by atoms with E-state index in [1.165, 1.54) is 7.11 Å². The largest absolute Gasteiger partial charge is 0.497 e. The van der Waals surface area contributed by atoms with Crippen molar-refractivity contribution in [2.75, 3.05) is 40.4 Å². The number of carbonyl (C=O) groups excluding carboxylic acids is 1. The second kappa shape index (κ2) is 10.6. The molecule has 0 bridgehead atoms. The van der Waals surface area contributed by atoms with Gasteiger partial charge in [0.2, 0.25) is 0 Å². The number of ether oxygens (including phenoxy) is 3. The van der Waals surface area contributed by atoms with Crippen molar-refractivity contribution in [1.82, 2.24) is 10.2 Å². The van der Waals surface area contributed by atoms with Gasteiger partial charge in [0, 0.05) is 19.6 Å². The number of esters is 1. The summed E-state index contributed by atoms with van der Waals surface area (Å²) in [5.74, 6) is 2.34. The number of guanidine groups is 1. The molecule has 2 rings (SSSR count). The number of likely N-dealkylation sites (tertiary alicyclic amines) is 1. The number of benzene rings is 1. The highest BCUT2D eigenvalue weighted by atomic mass is 16.5.